The average molecular weight is 208 g/mol. The molecule has 2 atom stereocenters. The molecular weight excluding hydrogens is 194 g/mol. The lowest BCUT2D eigenvalue weighted by molar-refractivity contribution is -0.140. The molecule has 0 aromatic heterocycles. The van der Waals surface area contributed by atoms with Crippen LogP contribution >= 0.6 is 11.6 Å². The minimum absolute atomic E-state index is 0.0188. The Morgan fingerprint density at radius 2 is 2.08 bits per heavy atom. The van der Waals surface area contributed by atoms with E-state index in [4.69, 9.17) is 22.4 Å². The number of carbonyl (C=O) groups excluding carboxylic acids is 1. The Morgan fingerprint density at radius 1 is 1.54 bits per heavy atom. The first-order valence-electron chi connectivity index (χ1n) is 4.05. The monoisotopic (exact) mass is 207 g/mol. The van der Waals surface area contributed by atoms with Crippen molar-refractivity contribution in [3.8, 4) is 0 Å². The van der Waals surface area contributed by atoms with Gasteiger partial charge in [-0.2, -0.15) is 0 Å². The molecule has 0 aliphatic heterocycles. The Kier molecular flexibility index (Phi) is 5.66. The standard InChI is InChI=1S/C8H14ClNO3/c1-5(7(10)8(12)13)2-3-6(11)4-9/h5,7H,2-4,10H2,1H3,(H,12,13)/t5-,7-/m0/s1. The van der Waals surface area contributed by atoms with E-state index in [2.05, 4.69) is 0 Å². The summed E-state index contributed by atoms with van der Waals surface area (Å²) in [5.74, 6) is -1.34. The summed E-state index contributed by atoms with van der Waals surface area (Å²) in [5, 5.41) is 8.54. The van der Waals surface area contributed by atoms with Crippen molar-refractivity contribution in [3.05, 3.63) is 0 Å². The number of aliphatic carboxylic acids is 1. The summed E-state index contributed by atoms with van der Waals surface area (Å²) in [6, 6.07) is -0.900. The van der Waals surface area contributed by atoms with E-state index in [9.17, 15) is 9.59 Å². The maximum absolute atomic E-state index is 10.8. The number of carboxylic acids is 1. The number of ketones is 1. The van der Waals surface area contributed by atoms with E-state index in [1.807, 2.05) is 0 Å². The van der Waals surface area contributed by atoms with E-state index in [-0.39, 0.29) is 17.6 Å². The van der Waals surface area contributed by atoms with E-state index in [0.717, 1.165) is 0 Å². The van der Waals surface area contributed by atoms with Gasteiger partial charge in [-0.15, -0.1) is 11.6 Å². The van der Waals surface area contributed by atoms with Gasteiger partial charge in [0.1, 0.15) is 11.8 Å². The Bertz CT molecular complexity index is 196. The van der Waals surface area contributed by atoms with Crippen molar-refractivity contribution >= 4 is 23.4 Å². The molecule has 0 saturated carbocycles. The molecule has 0 bridgehead atoms. The molecule has 13 heavy (non-hydrogen) atoms. The smallest absolute Gasteiger partial charge is 0.320 e. The number of hydrogen-bond acceptors (Lipinski definition) is 3. The van der Waals surface area contributed by atoms with Crippen molar-refractivity contribution in [1.82, 2.24) is 0 Å². The predicted molar refractivity (Wildman–Crippen MR) is 49.7 cm³/mol. The second-order valence-corrected chi connectivity index (χ2v) is 3.32. The first kappa shape index (κ1) is 12.4. The van der Waals surface area contributed by atoms with Gasteiger partial charge >= 0.3 is 5.97 Å². The Labute approximate surface area is 82.1 Å². The van der Waals surface area contributed by atoms with E-state index in [1.54, 1.807) is 6.92 Å². The molecule has 76 valence electrons. The summed E-state index contributed by atoms with van der Waals surface area (Å²) in [4.78, 5) is 21.2. The van der Waals surface area contributed by atoms with Crippen LogP contribution in [0.3, 0.4) is 0 Å². The van der Waals surface area contributed by atoms with Crippen molar-refractivity contribution in [1.29, 1.82) is 0 Å². The Hall–Kier alpha value is -0.610. The summed E-state index contributed by atoms with van der Waals surface area (Å²) < 4.78 is 0. The highest BCUT2D eigenvalue weighted by atomic mass is 35.5. The first-order valence-corrected chi connectivity index (χ1v) is 4.58. The van der Waals surface area contributed by atoms with Crippen molar-refractivity contribution < 1.29 is 14.7 Å². The molecule has 0 rings (SSSR count). The van der Waals surface area contributed by atoms with Crippen LogP contribution in [-0.2, 0) is 9.59 Å². The van der Waals surface area contributed by atoms with Crippen LogP contribution in [0.25, 0.3) is 0 Å². The number of hydrogen-bond donors (Lipinski definition) is 2. The van der Waals surface area contributed by atoms with Crippen molar-refractivity contribution in [2.75, 3.05) is 5.88 Å². The minimum Gasteiger partial charge on any atom is -0.480 e. The molecular formula is C8H14ClNO3. The molecule has 3 N–H and O–H groups in total. The predicted octanol–water partition coefficient (Wildman–Crippen LogP) is 0.622. The number of halogens is 1. The summed E-state index contributed by atoms with van der Waals surface area (Å²) >= 11 is 5.28. The third-order valence-corrected chi connectivity index (χ3v) is 2.22. The number of rotatable bonds is 6. The number of nitrogens with two attached hydrogens (primary N) is 1. The second kappa shape index (κ2) is 5.94. The van der Waals surface area contributed by atoms with Gasteiger partial charge in [-0.25, -0.2) is 0 Å². The molecule has 5 heteroatoms. The number of carboxylic acid groups (broad SMARTS) is 1. The van der Waals surface area contributed by atoms with Crippen LogP contribution in [0.4, 0.5) is 0 Å². The van der Waals surface area contributed by atoms with Gasteiger partial charge < -0.3 is 10.8 Å². The highest BCUT2D eigenvalue weighted by Gasteiger charge is 2.20. The molecule has 0 fully saturated rings. The number of Topliss-reactive ketones (excluding diaryl/α,β-unsaturated/α-hetero) is 1. The van der Waals surface area contributed by atoms with Crippen LogP contribution in [0.15, 0.2) is 0 Å². The van der Waals surface area contributed by atoms with Gasteiger partial charge in [-0.1, -0.05) is 6.92 Å². The van der Waals surface area contributed by atoms with Gasteiger partial charge in [0.05, 0.1) is 5.88 Å². The molecule has 0 aliphatic rings. The van der Waals surface area contributed by atoms with Gasteiger partial charge in [0.2, 0.25) is 0 Å². The SMILES string of the molecule is C[C@@H](CCC(=O)CCl)[C@H](N)C(=O)O. The molecule has 0 heterocycles. The number of alkyl halides is 1. The second-order valence-electron chi connectivity index (χ2n) is 3.05. The molecule has 4 nitrogen and oxygen atoms in total. The first-order chi connectivity index (χ1) is 5.99. The zero-order valence-corrected chi connectivity index (χ0v) is 8.25. The minimum atomic E-state index is -1.04. The van der Waals surface area contributed by atoms with Gasteiger partial charge in [-0.3, -0.25) is 9.59 Å². The maximum Gasteiger partial charge on any atom is 0.320 e. The van der Waals surface area contributed by atoms with E-state index >= 15 is 0 Å². The molecule has 0 saturated heterocycles. The fourth-order valence-electron chi connectivity index (χ4n) is 0.878. The Morgan fingerprint density at radius 3 is 2.46 bits per heavy atom. The van der Waals surface area contributed by atoms with Crippen molar-refractivity contribution in [3.63, 3.8) is 0 Å². The van der Waals surface area contributed by atoms with E-state index < -0.39 is 12.0 Å². The fraction of sp³-hybridized carbons (Fsp3) is 0.750. The molecule has 0 unspecified atom stereocenters. The zero-order chi connectivity index (χ0) is 10.4. The largest absolute Gasteiger partial charge is 0.480 e. The normalized spacial score (nSPS) is 15.0. The van der Waals surface area contributed by atoms with Crippen LogP contribution in [0.5, 0.6) is 0 Å². The van der Waals surface area contributed by atoms with Crippen LogP contribution in [-0.4, -0.2) is 28.8 Å². The van der Waals surface area contributed by atoms with Crippen LogP contribution in [0.1, 0.15) is 19.8 Å². The van der Waals surface area contributed by atoms with Crippen LogP contribution in [0, 0.1) is 5.92 Å². The molecule has 0 spiro atoms. The Balaban J connectivity index is 3.80. The van der Waals surface area contributed by atoms with E-state index in [1.165, 1.54) is 0 Å². The summed E-state index contributed by atoms with van der Waals surface area (Å²) in [5.41, 5.74) is 5.34. The third kappa shape index (κ3) is 4.85. The fourth-order valence-corrected chi connectivity index (χ4v) is 1.01. The zero-order valence-electron chi connectivity index (χ0n) is 7.50. The maximum atomic E-state index is 10.8. The molecule has 0 amide bonds. The van der Waals surface area contributed by atoms with Gasteiger partial charge in [-0.05, 0) is 12.3 Å². The topological polar surface area (TPSA) is 80.4 Å². The van der Waals surface area contributed by atoms with Gasteiger partial charge in [0, 0.05) is 6.42 Å². The molecule has 0 aliphatic carbocycles. The lowest BCUT2D eigenvalue weighted by Gasteiger charge is -2.14. The highest BCUT2D eigenvalue weighted by Crippen LogP contribution is 2.10. The lowest BCUT2D eigenvalue weighted by atomic mass is 9.96. The highest BCUT2D eigenvalue weighted by molar-refractivity contribution is 6.27. The summed E-state index contributed by atoms with van der Waals surface area (Å²) in [6.45, 7) is 1.71. The van der Waals surface area contributed by atoms with E-state index in [0.29, 0.717) is 12.8 Å². The average Bonchev–Trinajstić information content (AvgIpc) is 2.11. The number of carbonyl (C=O) groups is 2. The summed E-state index contributed by atoms with van der Waals surface area (Å²) in [6.07, 6.45) is 0.769. The molecule has 0 aromatic carbocycles. The van der Waals surface area contributed by atoms with Crippen molar-refractivity contribution in [2.45, 2.75) is 25.8 Å². The lowest BCUT2D eigenvalue weighted by Crippen LogP contribution is -2.36. The molecule has 0 aromatic rings. The molecule has 0 radical (unpaired) electrons. The van der Waals surface area contributed by atoms with Gasteiger partial charge in [0.25, 0.3) is 0 Å². The van der Waals surface area contributed by atoms with Crippen molar-refractivity contribution in [2.24, 2.45) is 11.7 Å². The quantitative estimate of drug-likeness (QED) is 0.626. The third-order valence-electron chi connectivity index (χ3n) is 1.93. The van der Waals surface area contributed by atoms with Gasteiger partial charge in [0.15, 0.2) is 0 Å². The van der Waals surface area contributed by atoms with Crippen LogP contribution in [0.2, 0.25) is 0 Å². The van der Waals surface area contributed by atoms with Crippen LogP contribution < -0.4 is 5.73 Å². The summed E-state index contributed by atoms with van der Waals surface area (Å²) in [7, 11) is 0.